The highest BCUT2D eigenvalue weighted by molar-refractivity contribution is 7.93. The van der Waals surface area contributed by atoms with E-state index in [0.717, 1.165) is 45.1 Å². The lowest BCUT2D eigenvalue weighted by Gasteiger charge is -2.42. The Morgan fingerprint density at radius 3 is 2.41 bits per heavy atom. The third kappa shape index (κ3) is 5.59. The van der Waals surface area contributed by atoms with Gasteiger partial charge < -0.3 is 19.9 Å². The van der Waals surface area contributed by atoms with Crippen molar-refractivity contribution in [2.45, 2.75) is 36.2 Å². The molecular formula is C32H36ClFN6O5S. The van der Waals surface area contributed by atoms with Crippen molar-refractivity contribution in [2.75, 3.05) is 57.2 Å². The number of fused-ring (bicyclic) bond motifs is 1. The first-order chi connectivity index (χ1) is 22.1. The Labute approximate surface area is 272 Å². The molecule has 3 aromatic rings. The molecule has 14 heteroatoms. The summed E-state index contributed by atoms with van der Waals surface area (Å²) in [4.78, 5) is 39.5. The molecule has 1 aromatic heterocycles. The zero-order chi connectivity index (χ0) is 32.6. The first kappa shape index (κ1) is 32.2. The third-order valence-corrected chi connectivity index (χ3v) is 11.0. The molecule has 1 atom stereocenters. The summed E-state index contributed by atoms with van der Waals surface area (Å²) in [7, 11) is -2.47. The fraction of sp³-hybridized carbons (Fsp3) is 0.406. The summed E-state index contributed by atoms with van der Waals surface area (Å²) in [6.45, 7) is 6.68. The number of likely N-dealkylation sites (tertiary alicyclic amines) is 1. The number of urea groups is 1. The monoisotopic (exact) mass is 670 g/mol. The van der Waals surface area contributed by atoms with Crippen molar-refractivity contribution in [1.29, 1.82) is 0 Å². The molecule has 2 saturated heterocycles. The second-order valence-corrected chi connectivity index (χ2v) is 13.9. The SMILES string of the molecule is CCOc1ncccc1C1(NC(=O)N2CCC(N3CCN(C)CC3)CC2)C(=O)N(S(=O)(=O)c2ccccc2)c2cc(F)c(Cl)cc21. The van der Waals surface area contributed by atoms with Crippen molar-refractivity contribution in [3.8, 4) is 5.88 Å². The highest BCUT2D eigenvalue weighted by Gasteiger charge is 2.59. The van der Waals surface area contributed by atoms with Gasteiger partial charge in [0.25, 0.3) is 15.9 Å². The van der Waals surface area contributed by atoms with Crippen LogP contribution in [0, 0.1) is 5.82 Å². The molecule has 0 aliphatic carbocycles. The van der Waals surface area contributed by atoms with E-state index >= 15 is 4.39 Å². The predicted octanol–water partition coefficient (Wildman–Crippen LogP) is 3.67. The third-order valence-electron chi connectivity index (χ3n) is 9.00. The molecule has 244 valence electrons. The second kappa shape index (κ2) is 12.8. The maximum atomic E-state index is 15.1. The van der Waals surface area contributed by atoms with Gasteiger partial charge in [-0.2, -0.15) is 4.31 Å². The van der Waals surface area contributed by atoms with Crippen molar-refractivity contribution in [3.63, 3.8) is 0 Å². The number of nitrogens with zero attached hydrogens (tertiary/aromatic N) is 5. The van der Waals surface area contributed by atoms with E-state index in [2.05, 4.69) is 27.1 Å². The number of rotatable bonds is 7. The number of carbonyl (C=O) groups excluding carboxylic acids is 2. The van der Waals surface area contributed by atoms with Gasteiger partial charge in [0.2, 0.25) is 5.88 Å². The molecule has 0 bridgehead atoms. The molecule has 3 amide bonds. The summed E-state index contributed by atoms with van der Waals surface area (Å²) < 4.78 is 49.6. The Kier molecular flexibility index (Phi) is 8.94. The number of carbonyl (C=O) groups is 2. The number of pyridine rings is 1. The number of piperazine rings is 1. The smallest absolute Gasteiger partial charge is 0.318 e. The van der Waals surface area contributed by atoms with Gasteiger partial charge in [-0.1, -0.05) is 29.8 Å². The van der Waals surface area contributed by atoms with Gasteiger partial charge in [-0.3, -0.25) is 9.69 Å². The molecule has 6 rings (SSSR count). The minimum Gasteiger partial charge on any atom is -0.478 e. The number of ether oxygens (including phenoxy) is 1. The van der Waals surface area contributed by atoms with Crippen LogP contribution in [0.4, 0.5) is 14.9 Å². The fourth-order valence-corrected chi connectivity index (χ4v) is 8.20. The summed E-state index contributed by atoms with van der Waals surface area (Å²) in [5.74, 6) is -1.95. The van der Waals surface area contributed by atoms with Gasteiger partial charge in [-0.25, -0.2) is 22.6 Å². The van der Waals surface area contributed by atoms with Crippen LogP contribution in [0.25, 0.3) is 0 Å². The first-order valence-electron chi connectivity index (χ1n) is 15.3. The second-order valence-electron chi connectivity index (χ2n) is 11.7. The Morgan fingerprint density at radius 1 is 1.04 bits per heavy atom. The van der Waals surface area contributed by atoms with Crippen molar-refractivity contribution in [1.82, 2.24) is 25.0 Å². The number of nitrogens with one attached hydrogen (secondary N) is 1. The van der Waals surface area contributed by atoms with E-state index in [-0.39, 0.29) is 39.2 Å². The van der Waals surface area contributed by atoms with Crippen LogP contribution in [0.15, 0.2) is 65.7 Å². The van der Waals surface area contributed by atoms with Gasteiger partial charge in [0, 0.05) is 63.1 Å². The van der Waals surface area contributed by atoms with Crippen molar-refractivity contribution in [3.05, 3.63) is 82.8 Å². The van der Waals surface area contributed by atoms with E-state index in [1.165, 1.54) is 42.6 Å². The fourth-order valence-electron chi connectivity index (χ4n) is 6.56. The summed E-state index contributed by atoms with van der Waals surface area (Å²) in [5.41, 5.74) is -2.36. The normalized spacial score (nSPS) is 21.3. The molecule has 1 N–H and O–H groups in total. The average molecular weight is 671 g/mol. The highest BCUT2D eigenvalue weighted by Crippen LogP contribution is 2.50. The summed E-state index contributed by atoms with van der Waals surface area (Å²) >= 11 is 6.29. The van der Waals surface area contributed by atoms with Crippen LogP contribution < -0.4 is 14.4 Å². The first-order valence-corrected chi connectivity index (χ1v) is 17.1. The average Bonchev–Trinajstić information content (AvgIpc) is 3.29. The minimum absolute atomic E-state index is 0.0118. The number of sulfonamides is 1. The van der Waals surface area contributed by atoms with Crippen molar-refractivity contribution < 1.29 is 27.1 Å². The van der Waals surface area contributed by atoms with Crippen LogP contribution in [0.2, 0.25) is 5.02 Å². The minimum atomic E-state index is -4.58. The Hall–Kier alpha value is -3.78. The molecule has 2 fully saturated rings. The molecule has 11 nitrogen and oxygen atoms in total. The van der Waals surface area contributed by atoms with Gasteiger partial charge in [0.15, 0.2) is 5.54 Å². The van der Waals surface area contributed by atoms with Crippen LogP contribution in [-0.2, 0) is 20.4 Å². The maximum Gasteiger partial charge on any atom is 0.318 e. The lowest BCUT2D eigenvalue weighted by Crippen LogP contribution is -2.59. The van der Waals surface area contributed by atoms with Gasteiger partial charge in [0.1, 0.15) is 5.82 Å². The molecule has 3 aliphatic heterocycles. The lowest BCUT2D eigenvalue weighted by atomic mass is 9.84. The lowest BCUT2D eigenvalue weighted by molar-refractivity contribution is -0.121. The number of hydrogen-bond donors (Lipinski definition) is 1. The number of amides is 3. The van der Waals surface area contributed by atoms with E-state index in [1.807, 2.05) is 0 Å². The number of aromatic nitrogens is 1. The van der Waals surface area contributed by atoms with Crippen LogP contribution >= 0.6 is 11.6 Å². The standard InChI is InChI=1S/C32H36ClFN6O5S/c1-3-45-29-24(10-7-13-35-29)32(36-31(42)39-14-11-22(12-15-39)38-18-16-37(2)17-19-38)25-20-26(33)27(34)21-28(25)40(30(32)41)46(43,44)23-8-5-4-6-9-23/h4-10,13,20-22H,3,11-12,14-19H2,1-2H3,(H,36,42). The van der Waals surface area contributed by atoms with Crippen LogP contribution in [0.3, 0.4) is 0 Å². The van der Waals surface area contributed by atoms with Gasteiger partial charge in [-0.15, -0.1) is 0 Å². The largest absolute Gasteiger partial charge is 0.478 e. The Morgan fingerprint density at radius 2 is 1.74 bits per heavy atom. The molecule has 1 unspecified atom stereocenters. The molecular weight excluding hydrogens is 635 g/mol. The van der Waals surface area contributed by atoms with Crippen LogP contribution in [-0.4, -0.2) is 99.0 Å². The zero-order valence-electron chi connectivity index (χ0n) is 25.7. The molecule has 2 aromatic carbocycles. The summed E-state index contributed by atoms with van der Waals surface area (Å²) in [6, 6.07) is 12.3. The predicted molar refractivity (Wildman–Crippen MR) is 171 cm³/mol. The van der Waals surface area contributed by atoms with Crippen molar-refractivity contribution in [2.24, 2.45) is 0 Å². The molecule has 46 heavy (non-hydrogen) atoms. The molecule has 3 aliphatic rings. The number of piperidine rings is 1. The number of halogens is 2. The van der Waals surface area contributed by atoms with Crippen molar-refractivity contribution >= 4 is 39.2 Å². The van der Waals surface area contributed by atoms with E-state index in [0.29, 0.717) is 23.4 Å². The van der Waals surface area contributed by atoms with E-state index in [1.54, 1.807) is 24.0 Å². The molecule has 0 spiro atoms. The Bertz CT molecular complexity index is 1730. The topological polar surface area (TPSA) is 115 Å². The summed E-state index contributed by atoms with van der Waals surface area (Å²) in [5, 5.41) is 2.55. The number of likely N-dealkylation sites (N-methyl/N-ethyl adjacent to an activating group) is 1. The van der Waals surface area contributed by atoms with Crippen LogP contribution in [0.1, 0.15) is 30.9 Å². The molecule has 0 radical (unpaired) electrons. The zero-order valence-corrected chi connectivity index (χ0v) is 27.2. The van der Waals surface area contributed by atoms with E-state index in [9.17, 15) is 18.0 Å². The van der Waals surface area contributed by atoms with Gasteiger partial charge in [0.05, 0.1) is 27.8 Å². The number of hydrogen-bond acceptors (Lipinski definition) is 8. The molecule has 0 saturated carbocycles. The Balaban J connectivity index is 1.43. The van der Waals surface area contributed by atoms with Gasteiger partial charge in [-0.05, 0) is 57.1 Å². The quantitative estimate of drug-likeness (QED) is 0.405. The molecule has 4 heterocycles. The number of benzene rings is 2. The highest BCUT2D eigenvalue weighted by atomic mass is 35.5. The summed E-state index contributed by atoms with van der Waals surface area (Å²) in [6.07, 6.45) is 2.96. The maximum absolute atomic E-state index is 15.1. The van der Waals surface area contributed by atoms with E-state index < -0.39 is 33.3 Å². The van der Waals surface area contributed by atoms with Crippen LogP contribution in [0.5, 0.6) is 5.88 Å². The van der Waals surface area contributed by atoms with Gasteiger partial charge >= 0.3 is 6.03 Å². The number of anilines is 1. The van der Waals surface area contributed by atoms with E-state index in [4.69, 9.17) is 16.3 Å².